The van der Waals surface area contributed by atoms with Crippen LogP contribution < -0.4 is 16.0 Å². The van der Waals surface area contributed by atoms with Gasteiger partial charge in [0.15, 0.2) is 0 Å². The monoisotopic (exact) mass is 625 g/mol. The number of alkyl carbamates (subject to hydrolysis) is 1. The minimum absolute atomic E-state index is 0.00902. The molecule has 2 aliphatic carbocycles. The topological polar surface area (TPSA) is 123 Å². The van der Waals surface area contributed by atoms with E-state index in [0.29, 0.717) is 17.0 Å². The third-order valence-corrected chi connectivity index (χ3v) is 8.93. The van der Waals surface area contributed by atoms with Gasteiger partial charge in [-0.1, -0.05) is 86.2 Å². The number of rotatable bonds is 14. The molecule has 44 heavy (non-hydrogen) atoms. The van der Waals surface area contributed by atoms with Crippen molar-refractivity contribution < 1.29 is 28.7 Å². The van der Waals surface area contributed by atoms with Crippen molar-refractivity contribution in [3.63, 3.8) is 0 Å². The Bertz CT molecular complexity index is 1290. The number of ether oxygens (including phenoxy) is 2. The van der Waals surface area contributed by atoms with Crippen molar-refractivity contribution in [2.24, 2.45) is 5.92 Å². The fraction of sp³-hybridized carbons (Fsp3) is 0.529. The lowest BCUT2D eigenvalue weighted by atomic mass is 9.84. The number of hydrogen-bond donors (Lipinski definition) is 3. The van der Waals surface area contributed by atoms with Gasteiger partial charge in [0.05, 0.1) is 7.11 Å². The van der Waals surface area contributed by atoms with Crippen LogP contribution in [0.2, 0.25) is 5.02 Å². The molecule has 10 heteroatoms. The van der Waals surface area contributed by atoms with Gasteiger partial charge in [-0.15, -0.1) is 0 Å². The van der Waals surface area contributed by atoms with Crippen molar-refractivity contribution in [3.05, 3.63) is 70.7 Å². The molecule has 4 rings (SSSR count). The summed E-state index contributed by atoms with van der Waals surface area (Å²) in [7, 11) is 1.25. The molecule has 2 saturated carbocycles. The van der Waals surface area contributed by atoms with Crippen LogP contribution in [-0.2, 0) is 36.9 Å². The van der Waals surface area contributed by atoms with Crippen LogP contribution in [0.3, 0.4) is 0 Å². The summed E-state index contributed by atoms with van der Waals surface area (Å²) in [5.41, 5.74) is 0.120. The van der Waals surface area contributed by atoms with Crippen LogP contribution in [0.25, 0.3) is 0 Å². The molecule has 0 saturated heterocycles. The standard InChI is InChI=1S/C34H44ClN3O6/c1-33(31(41)43-2,17-16-29(39)37-34(18-19-34)22-25-12-7-4-8-13-25)38-30(40)28(21-24-10-5-3-6-11-24)36-32(42)44-23-26-14-9-15-27(35)20-26/h4,7-9,12-15,20,24,28H,3,5-6,10-11,16-19,21-23H2,1-2H3,(H,36,42)(H,37,39)(H,38,40)/t28-,33?/m0/s1. The molecule has 0 aliphatic heterocycles. The van der Waals surface area contributed by atoms with Crippen LogP contribution in [0.1, 0.15) is 82.3 Å². The number of hydrogen-bond acceptors (Lipinski definition) is 6. The molecule has 2 atom stereocenters. The predicted octanol–water partition coefficient (Wildman–Crippen LogP) is 5.62. The minimum Gasteiger partial charge on any atom is -0.467 e. The maximum atomic E-state index is 13.7. The van der Waals surface area contributed by atoms with Crippen LogP contribution in [0.4, 0.5) is 4.79 Å². The van der Waals surface area contributed by atoms with E-state index < -0.39 is 29.6 Å². The van der Waals surface area contributed by atoms with E-state index >= 15 is 0 Å². The van der Waals surface area contributed by atoms with E-state index in [9.17, 15) is 19.2 Å². The van der Waals surface area contributed by atoms with Gasteiger partial charge in [0.2, 0.25) is 11.8 Å². The zero-order chi connectivity index (χ0) is 31.6. The summed E-state index contributed by atoms with van der Waals surface area (Å²) in [6.45, 7) is 1.54. The van der Waals surface area contributed by atoms with E-state index in [1.165, 1.54) is 7.11 Å². The molecule has 9 nitrogen and oxygen atoms in total. The Balaban J connectivity index is 1.38. The molecule has 3 amide bonds. The van der Waals surface area contributed by atoms with Gasteiger partial charge < -0.3 is 25.4 Å². The first-order chi connectivity index (χ1) is 21.1. The summed E-state index contributed by atoms with van der Waals surface area (Å²) in [6.07, 6.45) is 7.46. The quantitative estimate of drug-likeness (QED) is 0.234. The Morgan fingerprint density at radius 2 is 1.70 bits per heavy atom. The van der Waals surface area contributed by atoms with Crippen molar-refractivity contribution in [2.45, 2.75) is 101 Å². The highest BCUT2D eigenvalue weighted by Gasteiger charge is 2.45. The number of benzene rings is 2. The Kier molecular flexibility index (Phi) is 11.7. The lowest BCUT2D eigenvalue weighted by molar-refractivity contribution is -0.151. The summed E-state index contributed by atoms with van der Waals surface area (Å²) < 4.78 is 10.4. The second-order valence-electron chi connectivity index (χ2n) is 12.4. The van der Waals surface area contributed by atoms with Gasteiger partial charge in [0.25, 0.3) is 0 Å². The van der Waals surface area contributed by atoms with Crippen LogP contribution in [0.15, 0.2) is 54.6 Å². The molecule has 3 N–H and O–H groups in total. The van der Waals surface area contributed by atoms with Gasteiger partial charge in [-0.25, -0.2) is 9.59 Å². The number of halogens is 1. The maximum Gasteiger partial charge on any atom is 0.408 e. The zero-order valence-corrected chi connectivity index (χ0v) is 26.4. The highest BCUT2D eigenvalue weighted by atomic mass is 35.5. The van der Waals surface area contributed by atoms with Gasteiger partial charge in [-0.2, -0.15) is 0 Å². The van der Waals surface area contributed by atoms with E-state index in [1.807, 2.05) is 30.3 Å². The Morgan fingerprint density at radius 3 is 2.36 bits per heavy atom. The number of amides is 3. The van der Waals surface area contributed by atoms with Crippen molar-refractivity contribution in [1.29, 1.82) is 0 Å². The average Bonchev–Trinajstić information content (AvgIpc) is 3.77. The first-order valence-corrected chi connectivity index (χ1v) is 15.9. The molecule has 0 bridgehead atoms. The second kappa shape index (κ2) is 15.4. The highest BCUT2D eigenvalue weighted by Crippen LogP contribution is 2.39. The summed E-state index contributed by atoms with van der Waals surface area (Å²) >= 11 is 6.03. The summed E-state index contributed by atoms with van der Waals surface area (Å²) in [5.74, 6) is -1.12. The molecule has 2 aromatic carbocycles. The largest absolute Gasteiger partial charge is 0.467 e. The molecule has 0 radical (unpaired) electrons. The third kappa shape index (κ3) is 9.97. The molecule has 238 valence electrons. The molecular weight excluding hydrogens is 582 g/mol. The Labute approximate surface area is 264 Å². The maximum absolute atomic E-state index is 13.7. The van der Waals surface area contributed by atoms with Crippen LogP contribution >= 0.6 is 11.6 Å². The zero-order valence-electron chi connectivity index (χ0n) is 25.7. The average molecular weight is 626 g/mol. The van der Waals surface area contributed by atoms with E-state index in [-0.39, 0.29) is 36.8 Å². The molecule has 0 heterocycles. The molecule has 2 fully saturated rings. The predicted molar refractivity (Wildman–Crippen MR) is 168 cm³/mol. The molecular formula is C34H44ClN3O6. The van der Waals surface area contributed by atoms with Crippen molar-refractivity contribution in [3.8, 4) is 0 Å². The molecule has 1 unspecified atom stereocenters. The number of nitrogens with one attached hydrogen (secondary N) is 3. The van der Waals surface area contributed by atoms with Crippen LogP contribution in [-0.4, -0.2) is 48.1 Å². The Morgan fingerprint density at radius 1 is 1.00 bits per heavy atom. The van der Waals surface area contributed by atoms with Crippen molar-refractivity contribution >= 4 is 35.5 Å². The molecule has 2 aromatic rings. The molecule has 0 spiro atoms. The van der Waals surface area contributed by atoms with E-state index in [2.05, 4.69) is 16.0 Å². The molecule has 2 aliphatic rings. The first-order valence-electron chi connectivity index (χ1n) is 15.5. The SMILES string of the molecule is COC(=O)C(C)(CCC(=O)NC1(Cc2ccccc2)CC1)NC(=O)[C@H](CC1CCCCC1)NC(=O)OCc1cccc(Cl)c1. The van der Waals surface area contributed by atoms with Crippen LogP contribution in [0.5, 0.6) is 0 Å². The minimum atomic E-state index is -1.48. The summed E-state index contributed by atoms with van der Waals surface area (Å²) in [6, 6.07) is 16.1. The fourth-order valence-corrected chi connectivity index (χ4v) is 6.17. The van der Waals surface area contributed by atoms with Crippen molar-refractivity contribution in [2.75, 3.05) is 7.11 Å². The van der Waals surface area contributed by atoms with Gasteiger partial charge in [0, 0.05) is 17.0 Å². The first kappa shape index (κ1) is 33.3. The van der Waals surface area contributed by atoms with Gasteiger partial charge in [-0.05, 0) is 68.2 Å². The Hall–Kier alpha value is -3.59. The highest BCUT2D eigenvalue weighted by molar-refractivity contribution is 6.30. The molecule has 0 aromatic heterocycles. The third-order valence-electron chi connectivity index (χ3n) is 8.69. The van der Waals surface area contributed by atoms with E-state index in [1.54, 1.807) is 31.2 Å². The number of carbonyl (C=O) groups is 4. The number of methoxy groups -OCH3 is 1. The van der Waals surface area contributed by atoms with Gasteiger partial charge in [0.1, 0.15) is 18.2 Å². The van der Waals surface area contributed by atoms with Crippen LogP contribution in [0, 0.1) is 5.92 Å². The normalized spacial score (nSPS) is 17.8. The lowest BCUT2D eigenvalue weighted by Crippen LogP contribution is -2.59. The van der Waals surface area contributed by atoms with Gasteiger partial charge in [-0.3, -0.25) is 9.59 Å². The van der Waals surface area contributed by atoms with Gasteiger partial charge >= 0.3 is 12.1 Å². The summed E-state index contributed by atoms with van der Waals surface area (Å²) in [4.78, 5) is 52.5. The fourth-order valence-electron chi connectivity index (χ4n) is 5.95. The smallest absolute Gasteiger partial charge is 0.408 e. The lowest BCUT2D eigenvalue weighted by Gasteiger charge is -2.32. The second-order valence-corrected chi connectivity index (χ2v) is 12.9. The van der Waals surface area contributed by atoms with E-state index in [0.717, 1.165) is 56.9 Å². The number of carbonyl (C=O) groups excluding carboxylic acids is 4. The van der Waals surface area contributed by atoms with E-state index in [4.69, 9.17) is 21.1 Å². The summed E-state index contributed by atoms with van der Waals surface area (Å²) in [5, 5.41) is 9.21. The van der Waals surface area contributed by atoms with Crippen molar-refractivity contribution in [1.82, 2.24) is 16.0 Å². The number of esters is 1.